The van der Waals surface area contributed by atoms with E-state index in [1.54, 1.807) is 17.1 Å². The normalized spacial score (nSPS) is 15.6. The van der Waals surface area contributed by atoms with E-state index in [4.69, 9.17) is 11.6 Å². The number of hydrogen-bond acceptors (Lipinski definition) is 5. The SMILES string of the molecule is O=c1c2ccccc2ncn1CC1CCN(c2ncncc2Cl)CC1. The van der Waals surface area contributed by atoms with Crippen LogP contribution in [0.25, 0.3) is 10.9 Å². The Labute approximate surface area is 150 Å². The largest absolute Gasteiger partial charge is 0.355 e. The van der Waals surface area contributed by atoms with Crippen molar-refractivity contribution in [2.45, 2.75) is 19.4 Å². The van der Waals surface area contributed by atoms with Gasteiger partial charge in [0, 0.05) is 19.6 Å². The molecule has 3 aromatic rings. The van der Waals surface area contributed by atoms with Crippen molar-refractivity contribution in [3.05, 3.63) is 58.5 Å². The van der Waals surface area contributed by atoms with Crippen LogP contribution in [-0.4, -0.2) is 32.6 Å². The Kier molecular flexibility index (Phi) is 4.36. The van der Waals surface area contributed by atoms with Crippen LogP contribution in [0.1, 0.15) is 12.8 Å². The predicted octanol–water partition coefficient (Wildman–Crippen LogP) is 2.76. The molecule has 1 fully saturated rings. The molecule has 3 heterocycles. The van der Waals surface area contributed by atoms with E-state index in [9.17, 15) is 4.79 Å². The van der Waals surface area contributed by atoms with Crippen LogP contribution < -0.4 is 10.5 Å². The Morgan fingerprint density at radius 3 is 2.76 bits per heavy atom. The molecule has 25 heavy (non-hydrogen) atoms. The summed E-state index contributed by atoms with van der Waals surface area (Å²) in [5.74, 6) is 1.23. The molecule has 2 aromatic heterocycles. The highest BCUT2D eigenvalue weighted by molar-refractivity contribution is 6.32. The molecule has 128 valence electrons. The molecule has 7 heteroatoms. The minimum absolute atomic E-state index is 0.0341. The zero-order valence-electron chi connectivity index (χ0n) is 13.7. The number of benzene rings is 1. The number of fused-ring (bicyclic) bond motifs is 1. The summed E-state index contributed by atoms with van der Waals surface area (Å²) in [5, 5.41) is 1.26. The highest BCUT2D eigenvalue weighted by Gasteiger charge is 2.22. The number of anilines is 1. The van der Waals surface area contributed by atoms with Crippen molar-refractivity contribution in [1.29, 1.82) is 0 Å². The van der Waals surface area contributed by atoms with Gasteiger partial charge in [0.1, 0.15) is 11.3 Å². The summed E-state index contributed by atoms with van der Waals surface area (Å²) in [5.41, 5.74) is 0.781. The Hall–Kier alpha value is -2.47. The standard InChI is InChI=1S/C18H18ClN5O/c19-15-9-20-11-21-17(15)23-7-5-13(6-8-23)10-24-12-22-16-4-2-1-3-14(16)18(24)25/h1-4,9,11-13H,5-8,10H2. The average Bonchev–Trinajstić information content (AvgIpc) is 2.65. The lowest BCUT2D eigenvalue weighted by Gasteiger charge is -2.33. The van der Waals surface area contributed by atoms with Crippen molar-refractivity contribution in [3.8, 4) is 0 Å². The third-order valence-corrected chi connectivity index (χ3v) is 5.02. The number of piperidine rings is 1. The topological polar surface area (TPSA) is 63.9 Å². The Bertz CT molecular complexity index is 949. The van der Waals surface area contributed by atoms with Crippen molar-refractivity contribution in [3.63, 3.8) is 0 Å². The molecular formula is C18H18ClN5O. The maximum atomic E-state index is 12.6. The molecule has 0 amide bonds. The second kappa shape index (κ2) is 6.80. The molecular weight excluding hydrogens is 338 g/mol. The van der Waals surface area contributed by atoms with Crippen LogP contribution in [0.15, 0.2) is 47.9 Å². The molecule has 0 unspecified atom stereocenters. The number of hydrogen-bond donors (Lipinski definition) is 0. The summed E-state index contributed by atoms with van der Waals surface area (Å²) in [6, 6.07) is 7.47. The third kappa shape index (κ3) is 3.22. The van der Waals surface area contributed by atoms with Gasteiger partial charge in [-0.05, 0) is 30.9 Å². The molecule has 0 bridgehead atoms. The molecule has 6 nitrogen and oxygen atoms in total. The maximum Gasteiger partial charge on any atom is 0.261 e. The zero-order chi connectivity index (χ0) is 17.2. The second-order valence-corrected chi connectivity index (χ2v) is 6.75. The molecule has 1 aromatic carbocycles. The lowest BCUT2D eigenvalue weighted by Crippen LogP contribution is -2.37. The molecule has 4 rings (SSSR count). The Balaban J connectivity index is 1.46. The van der Waals surface area contributed by atoms with Gasteiger partial charge in [-0.2, -0.15) is 0 Å². The van der Waals surface area contributed by atoms with E-state index >= 15 is 0 Å². The van der Waals surface area contributed by atoms with Gasteiger partial charge in [0.15, 0.2) is 5.82 Å². The highest BCUT2D eigenvalue weighted by atomic mass is 35.5. The van der Waals surface area contributed by atoms with Crippen LogP contribution in [-0.2, 0) is 6.54 Å². The van der Waals surface area contributed by atoms with Gasteiger partial charge in [0.05, 0.1) is 23.4 Å². The summed E-state index contributed by atoms with van der Waals surface area (Å²) in [7, 11) is 0. The van der Waals surface area contributed by atoms with Gasteiger partial charge in [-0.3, -0.25) is 9.36 Å². The van der Waals surface area contributed by atoms with Gasteiger partial charge in [-0.1, -0.05) is 23.7 Å². The van der Waals surface area contributed by atoms with Gasteiger partial charge in [-0.25, -0.2) is 15.0 Å². The van der Waals surface area contributed by atoms with Gasteiger partial charge in [0.2, 0.25) is 0 Å². The molecule has 0 saturated carbocycles. The summed E-state index contributed by atoms with van der Waals surface area (Å²) in [4.78, 5) is 27.4. The van der Waals surface area contributed by atoms with Crippen molar-refractivity contribution in [1.82, 2.24) is 19.5 Å². The lowest BCUT2D eigenvalue weighted by atomic mass is 9.96. The number of para-hydroxylation sites is 1. The quantitative estimate of drug-likeness (QED) is 0.722. The monoisotopic (exact) mass is 355 g/mol. The van der Waals surface area contributed by atoms with E-state index in [1.165, 1.54) is 6.33 Å². The number of nitrogens with zero attached hydrogens (tertiary/aromatic N) is 5. The smallest absolute Gasteiger partial charge is 0.261 e. The lowest BCUT2D eigenvalue weighted by molar-refractivity contribution is 0.351. The fraction of sp³-hybridized carbons (Fsp3) is 0.333. The second-order valence-electron chi connectivity index (χ2n) is 6.34. The zero-order valence-corrected chi connectivity index (χ0v) is 14.4. The summed E-state index contributed by atoms with van der Waals surface area (Å²) in [6.45, 7) is 2.44. The summed E-state index contributed by atoms with van der Waals surface area (Å²) < 4.78 is 1.74. The predicted molar refractivity (Wildman–Crippen MR) is 98.0 cm³/mol. The van der Waals surface area contributed by atoms with Gasteiger partial charge in [-0.15, -0.1) is 0 Å². The maximum absolute atomic E-state index is 12.6. The van der Waals surface area contributed by atoms with E-state index in [0.717, 1.165) is 37.3 Å². The third-order valence-electron chi connectivity index (χ3n) is 4.75. The molecule has 0 atom stereocenters. The first-order chi connectivity index (χ1) is 12.2. The van der Waals surface area contributed by atoms with E-state index in [1.807, 2.05) is 24.3 Å². The van der Waals surface area contributed by atoms with Crippen molar-refractivity contribution < 1.29 is 0 Å². The van der Waals surface area contributed by atoms with E-state index < -0.39 is 0 Å². The molecule has 1 aliphatic heterocycles. The minimum atomic E-state index is 0.0341. The van der Waals surface area contributed by atoms with Crippen LogP contribution in [0.2, 0.25) is 5.02 Å². The van der Waals surface area contributed by atoms with Crippen LogP contribution in [0.4, 0.5) is 5.82 Å². The van der Waals surface area contributed by atoms with Gasteiger partial charge < -0.3 is 4.90 Å². The first-order valence-corrected chi connectivity index (χ1v) is 8.75. The molecule has 1 aliphatic rings. The van der Waals surface area contributed by atoms with Crippen molar-refractivity contribution in [2.24, 2.45) is 5.92 Å². The molecule has 0 N–H and O–H groups in total. The van der Waals surface area contributed by atoms with Crippen molar-refractivity contribution >= 4 is 28.3 Å². The van der Waals surface area contributed by atoms with E-state index in [0.29, 0.717) is 22.9 Å². The number of rotatable bonds is 3. The first kappa shape index (κ1) is 16.0. The fourth-order valence-electron chi connectivity index (χ4n) is 3.38. The number of halogens is 1. The molecule has 0 spiro atoms. The minimum Gasteiger partial charge on any atom is -0.355 e. The Morgan fingerprint density at radius 2 is 1.96 bits per heavy atom. The van der Waals surface area contributed by atoms with E-state index in [-0.39, 0.29) is 5.56 Å². The summed E-state index contributed by atoms with van der Waals surface area (Å²) >= 11 is 6.18. The first-order valence-electron chi connectivity index (χ1n) is 8.37. The van der Waals surface area contributed by atoms with Crippen molar-refractivity contribution in [2.75, 3.05) is 18.0 Å². The molecule has 0 radical (unpaired) electrons. The van der Waals surface area contributed by atoms with Crippen LogP contribution in [0.3, 0.4) is 0 Å². The number of aromatic nitrogens is 4. The Morgan fingerprint density at radius 1 is 1.16 bits per heavy atom. The van der Waals surface area contributed by atoms with Crippen LogP contribution in [0.5, 0.6) is 0 Å². The average molecular weight is 356 g/mol. The fourth-order valence-corrected chi connectivity index (χ4v) is 3.61. The van der Waals surface area contributed by atoms with Gasteiger partial charge in [0.25, 0.3) is 5.56 Å². The van der Waals surface area contributed by atoms with Crippen LogP contribution >= 0.6 is 11.6 Å². The highest BCUT2D eigenvalue weighted by Crippen LogP contribution is 2.27. The van der Waals surface area contributed by atoms with E-state index in [2.05, 4.69) is 19.9 Å². The molecule has 1 saturated heterocycles. The summed E-state index contributed by atoms with van der Waals surface area (Å²) in [6.07, 6.45) is 6.78. The molecule has 0 aliphatic carbocycles. The van der Waals surface area contributed by atoms with Crippen LogP contribution in [0, 0.1) is 5.92 Å². The van der Waals surface area contributed by atoms with Gasteiger partial charge >= 0.3 is 0 Å².